The van der Waals surface area contributed by atoms with Crippen molar-refractivity contribution in [3.05, 3.63) is 82.3 Å². The van der Waals surface area contributed by atoms with Gasteiger partial charge in [0.15, 0.2) is 0 Å². The summed E-state index contributed by atoms with van der Waals surface area (Å²) in [6.45, 7) is 0.325. The molecule has 2 aliphatic rings. The summed E-state index contributed by atoms with van der Waals surface area (Å²) >= 11 is 6.01. The summed E-state index contributed by atoms with van der Waals surface area (Å²) < 4.78 is 66.7. The first kappa shape index (κ1) is 29.0. The maximum absolute atomic E-state index is 14.0. The van der Waals surface area contributed by atoms with Crippen LogP contribution in [-0.4, -0.2) is 55.8 Å². The summed E-state index contributed by atoms with van der Waals surface area (Å²) in [5, 5.41) is 11.8. The zero-order valence-electron chi connectivity index (χ0n) is 22.0. The van der Waals surface area contributed by atoms with E-state index in [-0.39, 0.29) is 42.1 Å². The van der Waals surface area contributed by atoms with Gasteiger partial charge in [-0.1, -0.05) is 35.9 Å². The van der Waals surface area contributed by atoms with Gasteiger partial charge in [0, 0.05) is 42.5 Å². The quantitative estimate of drug-likeness (QED) is 0.387. The van der Waals surface area contributed by atoms with Crippen molar-refractivity contribution in [1.29, 1.82) is 5.26 Å². The van der Waals surface area contributed by atoms with E-state index in [1.165, 1.54) is 18.3 Å². The third-order valence-corrected chi connectivity index (χ3v) is 11.6. The van der Waals surface area contributed by atoms with Crippen molar-refractivity contribution in [1.82, 2.24) is 15.3 Å². The average molecular weight is 606 g/mol. The highest BCUT2D eigenvalue weighted by Gasteiger charge is 2.47. The minimum Gasteiger partial charge on any atom is -0.354 e. The van der Waals surface area contributed by atoms with Gasteiger partial charge in [-0.25, -0.2) is 14.2 Å². The lowest BCUT2D eigenvalue weighted by atomic mass is 9.96. The molecule has 1 aliphatic carbocycles. The third-order valence-electron chi connectivity index (χ3n) is 7.97. The molecule has 2 heterocycles. The molecule has 1 saturated heterocycles. The van der Waals surface area contributed by atoms with Crippen molar-refractivity contribution < 1.29 is 26.7 Å². The number of nitrogens with zero attached hydrogens (tertiary/aromatic N) is 4. The fourth-order valence-electron chi connectivity index (χ4n) is 5.38. The normalized spacial score (nSPS) is 19.2. The van der Waals surface area contributed by atoms with Gasteiger partial charge in [0.05, 0.1) is 15.7 Å². The molecule has 1 aromatic heterocycles. The van der Waals surface area contributed by atoms with Crippen LogP contribution in [0.25, 0.3) is 0 Å². The number of hydrogen-bond acceptors (Lipinski definition) is 6. The molecule has 0 radical (unpaired) electrons. The molecule has 1 saturated carbocycles. The van der Waals surface area contributed by atoms with Crippen LogP contribution in [0.15, 0.2) is 59.6 Å². The molecule has 2 fully saturated rings. The molecule has 2 N–H and O–H groups in total. The van der Waals surface area contributed by atoms with Gasteiger partial charge in [0.2, 0.25) is 5.82 Å². The third kappa shape index (κ3) is 5.54. The number of hydrogen-bond donors (Lipinski definition) is 2. The number of carbonyl (C=O) groups excluding carboxylic acids is 1. The number of amides is 1. The lowest BCUT2D eigenvalue weighted by Gasteiger charge is -2.45. The molecule has 0 spiro atoms. The van der Waals surface area contributed by atoms with Gasteiger partial charge in [0.25, 0.3) is 5.91 Å². The van der Waals surface area contributed by atoms with Gasteiger partial charge in [-0.3, -0.25) is 9.35 Å². The zero-order chi connectivity index (χ0) is 29.7. The Kier molecular flexibility index (Phi) is 7.12. The summed E-state index contributed by atoms with van der Waals surface area (Å²) in [4.78, 5) is 22.4. The Morgan fingerprint density at radius 3 is 2.56 bits per heavy atom. The molecular formula is C28H27ClF3N5O3S. The summed E-state index contributed by atoms with van der Waals surface area (Å²) in [5.41, 5.74) is -0.281. The Balaban J connectivity index is 1.40. The van der Waals surface area contributed by atoms with E-state index in [0.717, 1.165) is 36.8 Å². The molecule has 5 rings (SSSR count). The minimum atomic E-state index is -5.04. The molecule has 8 nitrogen and oxygen atoms in total. The Hall–Kier alpha value is -3.53. The number of rotatable bonds is 7. The van der Waals surface area contributed by atoms with Gasteiger partial charge in [0.1, 0.15) is 17.5 Å². The topological polar surface area (TPSA) is 119 Å². The van der Waals surface area contributed by atoms with Crippen LogP contribution in [0.3, 0.4) is 0 Å². The second kappa shape index (κ2) is 10.1. The predicted octanol–water partition coefficient (Wildman–Crippen LogP) is 5.04. The van der Waals surface area contributed by atoms with Gasteiger partial charge >= 0.3 is 6.18 Å². The molecular weight excluding hydrogens is 579 g/mol. The maximum atomic E-state index is 14.0. The molecule has 1 atom stereocenters. The number of nitrogens with one attached hydrogen (secondary N) is 1. The molecule has 1 amide bonds. The summed E-state index contributed by atoms with van der Waals surface area (Å²) in [7, 11) is -5.04. The summed E-state index contributed by atoms with van der Waals surface area (Å²) in [6, 6.07) is 13.6. The van der Waals surface area contributed by atoms with Crippen LogP contribution in [0.5, 0.6) is 0 Å². The highest BCUT2D eigenvalue weighted by Crippen LogP contribution is 2.48. The Bertz CT molecular complexity index is 1610. The Morgan fingerprint density at radius 1 is 1.24 bits per heavy atom. The van der Waals surface area contributed by atoms with Crippen LogP contribution >= 0.6 is 11.6 Å². The van der Waals surface area contributed by atoms with Crippen LogP contribution < -0.4 is 10.2 Å². The van der Waals surface area contributed by atoms with Crippen LogP contribution in [0, 0.1) is 11.3 Å². The SMILES string of the molecule is CS(=O)(O)(c1ccccc1C(F)(F)F)[C@H]1CCN(c2nc(C#N)ncc2C(=O)NCC2(c3ccc(Cl)cc3)CC2)C1. The summed E-state index contributed by atoms with van der Waals surface area (Å²) in [6.07, 6.45) is -0.818. The Labute approximate surface area is 239 Å². The van der Waals surface area contributed by atoms with Crippen LogP contribution in [0.4, 0.5) is 19.0 Å². The second-order valence-electron chi connectivity index (χ2n) is 10.7. The van der Waals surface area contributed by atoms with Crippen LogP contribution in [0.2, 0.25) is 5.02 Å². The van der Waals surface area contributed by atoms with E-state index in [4.69, 9.17) is 11.6 Å². The van der Waals surface area contributed by atoms with Crippen LogP contribution in [-0.2, 0) is 20.9 Å². The lowest BCUT2D eigenvalue weighted by molar-refractivity contribution is -0.140. The predicted molar refractivity (Wildman–Crippen MR) is 148 cm³/mol. The number of carbonyl (C=O) groups is 1. The fourth-order valence-corrected chi connectivity index (χ4v) is 8.19. The molecule has 0 unspecified atom stereocenters. The fraction of sp³-hybridized carbons (Fsp3) is 0.357. The van der Waals surface area contributed by atoms with E-state index in [1.807, 2.05) is 18.2 Å². The van der Waals surface area contributed by atoms with Gasteiger partial charge in [-0.2, -0.15) is 27.8 Å². The first-order valence-corrected chi connectivity index (χ1v) is 15.6. The van der Waals surface area contributed by atoms with E-state index < -0.39 is 37.1 Å². The zero-order valence-corrected chi connectivity index (χ0v) is 23.6. The standard InChI is InChI=1S/C28H27ClF3N5O3S/c1-41(39,40,23-5-3-2-4-22(23)28(30,31)32)20-10-13-37(16-20)25-21(15-34-24(14-33)36-25)26(38)35-17-27(11-12-27)18-6-8-19(29)9-7-18/h2-9,15,20H,10-13,16-17H2,1H3,(H,35,38)(H,39,40)/t20-/m0/s1. The molecule has 1 aliphatic heterocycles. The number of aromatic nitrogens is 2. The molecule has 3 aromatic rings. The maximum Gasteiger partial charge on any atom is 0.418 e. The molecule has 13 heteroatoms. The molecule has 216 valence electrons. The number of nitriles is 1. The van der Waals surface area contributed by atoms with Crippen LogP contribution in [0.1, 0.15) is 46.6 Å². The van der Waals surface area contributed by atoms with Gasteiger partial charge in [-0.15, -0.1) is 0 Å². The van der Waals surface area contributed by atoms with Gasteiger partial charge in [-0.05, 0) is 49.1 Å². The Morgan fingerprint density at radius 2 is 1.93 bits per heavy atom. The highest BCUT2D eigenvalue weighted by molar-refractivity contribution is 8.15. The van der Waals surface area contributed by atoms with E-state index in [2.05, 4.69) is 15.3 Å². The summed E-state index contributed by atoms with van der Waals surface area (Å²) in [5.74, 6) is -0.616. The average Bonchev–Trinajstić information content (AvgIpc) is 3.55. The molecule has 41 heavy (non-hydrogen) atoms. The van der Waals surface area contributed by atoms with E-state index >= 15 is 0 Å². The first-order valence-electron chi connectivity index (χ1n) is 12.8. The number of halogens is 4. The smallest absolute Gasteiger partial charge is 0.354 e. The number of anilines is 1. The van der Waals surface area contributed by atoms with E-state index in [0.29, 0.717) is 11.6 Å². The van der Waals surface area contributed by atoms with Crippen molar-refractivity contribution in [3.63, 3.8) is 0 Å². The first-order chi connectivity index (χ1) is 19.2. The van der Waals surface area contributed by atoms with Crippen molar-refractivity contribution in [2.24, 2.45) is 0 Å². The number of alkyl halides is 3. The van der Waals surface area contributed by atoms with Crippen molar-refractivity contribution in [2.45, 2.75) is 41.0 Å². The minimum absolute atomic E-state index is 0.0600. The highest BCUT2D eigenvalue weighted by atomic mass is 35.5. The van der Waals surface area contributed by atoms with E-state index in [1.54, 1.807) is 17.0 Å². The van der Waals surface area contributed by atoms with E-state index in [9.17, 15) is 32.0 Å². The lowest BCUT2D eigenvalue weighted by Crippen LogP contribution is -2.46. The monoisotopic (exact) mass is 605 g/mol. The second-order valence-corrected chi connectivity index (χ2v) is 15.0. The van der Waals surface area contributed by atoms with Crippen molar-refractivity contribution in [2.75, 3.05) is 30.8 Å². The van der Waals surface area contributed by atoms with Gasteiger partial charge < -0.3 is 10.2 Å². The van der Waals surface area contributed by atoms with Crippen molar-refractivity contribution >= 4 is 32.7 Å². The molecule has 2 aromatic carbocycles. The molecule has 0 bridgehead atoms. The largest absolute Gasteiger partial charge is 0.418 e. The number of benzene rings is 2. The van der Waals surface area contributed by atoms with Crippen molar-refractivity contribution in [3.8, 4) is 6.07 Å².